The van der Waals surface area contributed by atoms with E-state index in [1.54, 1.807) is 0 Å². The van der Waals surface area contributed by atoms with Gasteiger partial charge in [-0.2, -0.15) is 0 Å². The van der Waals surface area contributed by atoms with Gasteiger partial charge in [0.2, 0.25) is 11.1 Å². The van der Waals surface area contributed by atoms with E-state index < -0.39 is 17.5 Å². The maximum Gasteiger partial charge on any atom is 0.234 e. The Hall–Kier alpha value is -2.16. The first kappa shape index (κ1) is 19.6. The fourth-order valence-corrected chi connectivity index (χ4v) is 3.97. The molecule has 0 radical (unpaired) electrons. The summed E-state index contributed by atoms with van der Waals surface area (Å²) in [5.41, 5.74) is -0.0654. The van der Waals surface area contributed by atoms with Gasteiger partial charge in [-0.25, -0.2) is 13.5 Å². The van der Waals surface area contributed by atoms with Crippen molar-refractivity contribution in [3.63, 3.8) is 0 Å². The Morgan fingerprint density at radius 3 is 2.78 bits per heavy atom. The van der Waals surface area contributed by atoms with Crippen molar-refractivity contribution in [3.05, 3.63) is 35.7 Å². The number of nitrogen functional groups attached to an aromatic ring is 1. The molecule has 0 atom stereocenters. The number of halogens is 2. The molecule has 0 aliphatic heterocycles. The van der Waals surface area contributed by atoms with Crippen molar-refractivity contribution in [2.45, 2.75) is 50.1 Å². The minimum Gasteiger partial charge on any atom is -0.336 e. The van der Waals surface area contributed by atoms with Gasteiger partial charge in [0.05, 0.1) is 11.4 Å². The van der Waals surface area contributed by atoms with Crippen LogP contribution in [0.15, 0.2) is 23.4 Å². The molecule has 1 heterocycles. The summed E-state index contributed by atoms with van der Waals surface area (Å²) in [5, 5.41) is 11.0. The Labute approximate surface area is 160 Å². The van der Waals surface area contributed by atoms with Crippen LogP contribution in [0.2, 0.25) is 0 Å². The molecule has 0 bridgehead atoms. The summed E-state index contributed by atoms with van der Waals surface area (Å²) in [4.78, 5) is 12.0. The van der Waals surface area contributed by atoms with E-state index in [0.717, 1.165) is 42.7 Å². The van der Waals surface area contributed by atoms with E-state index in [1.165, 1.54) is 42.8 Å². The highest BCUT2D eigenvalue weighted by Gasteiger charge is 2.17. The van der Waals surface area contributed by atoms with Crippen molar-refractivity contribution in [3.8, 4) is 0 Å². The van der Waals surface area contributed by atoms with Crippen molar-refractivity contribution >= 4 is 23.4 Å². The summed E-state index contributed by atoms with van der Waals surface area (Å²) < 4.78 is 27.9. The lowest BCUT2D eigenvalue weighted by atomic mass is 9.86. The van der Waals surface area contributed by atoms with E-state index in [-0.39, 0.29) is 11.4 Å². The maximum atomic E-state index is 13.6. The van der Waals surface area contributed by atoms with E-state index >= 15 is 0 Å². The number of rotatable bonds is 7. The molecule has 1 aromatic carbocycles. The molecule has 3 rings (SSSR count). The minimum atomic E-state index is -0.819. The van der Waals surface area contributed by atoms with Gasteiger partial charge in [0.15, 0.2) is 5.82 Å². The fraction of sp³-hybridized carbons (Fsp3) is 0.500. The van der Waals surface area contributed by atoms with Crippen molar-refractivity contribution in [2.24, 2.45) is 5.92 Å². The molecule has 1 aromatic heterocycles. The normalized spacial score (nSPS) is 15.0. The summed E-state index contributed by atoms with van der Waals surface area (Å²) in [6.45, 7) is 0. The largest absolute Gasteiger partial charge is 0.336 e. The SMILES string of the molecule is Nn1c(CCC2CCCCC2)nnc1SCC(=O)Nc1ccc(F)cc1F. The van der Waals surface area contributed by atoms with Crippen LogP contribution in [0.1, 0.15) is 44.3 Å². The van der Waals surface area contributed by atoms with Gasteiger partial charge in [0, 0.05) is 12.5 Å². The van der Waals surface area contributed by atoms with E-state index in [4.69, 9.17) is 5.84 Å². The van der Waals surface area contributed by atoms with Crippen molar-refractivity contribution in [1.29, 1.82) is 0 Å². The number of benzene rings is 1. The van der Waals surface area contributed by atoms with Gasteiger partial charge >= 0.3 is 0 Å². The molecule has 0 unspecified atom stereocenters. The third-order valence-corrected chi connectivity index (χ3v) is 5.72. The highest BCUT2D eigenvalue weighted by atomic mass is 32.2. The van der Waals surface area contributed by atoms with Crippen LogP contribution in [-0.2, 0) is 11.2 Å². The second-order valence-electron chi connectivity index (χ2n) is 6.77. The molecule has 0 saturated heterocycles. The highest BCUT2D eigenvalue weighted by Crippen LogP contribution is 2.27. The van der Waals surface area contributed by atoms with Crippen molar-refractivity contribution in [2.75, 3.05) is 16.9 Å². The van der Waals surface area contributed by atoms with Crippen LogP contribution in [0.5, 0.6) is 0 Å². The molecule has 1 aliphatic carbocycles. The number of hydrogen-bond donors (Lipinski definition) is 2. The van der Waals surface area contributed by atoms with Gasteiger partial charge in [0.25, 0.3) is 0 Å². The van der Waals surface area contributed by atoms with Gasteiger partial charge < -0.3 is 11.2 Å². The molecule has 0 spiro atoms. The predicted octanol–water partition coefficient (Wildman–Crippen LogP) is 3.51. The van der Waals surface area contributed by atoms with Gasteiger partial charge in [-0.15, -0.1) is 10.2 Å². The third-order valence-electron chi connectivity index (χ3n) is 4.77. The molecule has 27 heavy (non-hydrogen) atoms. The monoisotopic (exact) mass is 395 g/mol. The smallest absolute Gasteiger partial charge is 0.234 e. The van der Waals surface area contributed by atoms with E-state index in [9.17, 15) is 13.6 Å². The van der Waals surface area contributed by atoms with Crippen LogP contribution in [-0.4, -0.2) is 26.5 Å². The lowest BCUT2D eigenvalue weighted by Crippen LogP contribution is -2.18. The van der Waals surface area contributed by atoms with Crippen molar-refractivity contribution in [1.82, 2.24) is 14.9 Å². The van der Waals surface area contributed by atoms with Crippen LogP contribution < -0.4 is 11.2 Å². The Kier molecular flexibility index (Phi) is 6.65. The van der Waals surface area contributed by atoms with E-state index in [0.29, 0.717) is 11.0 Å². The fourth-order valence-electron chi connectivity index (χ4n) is 3.29. The average molecular weight is 395 g/mol. The molecular formula is C18H23F2N5OS. The number of carbonyl (C=O) groups is 1. The first-order chi connectivity index (χ1) is 13.0. The van der Waals surface area contributed by atoms with E-state index in [2.05, 4.69) is 15.5 Å². The van der Waals surface area contributed by atoms with Gasteiger partial charge in [-0.1, -0.05) is 43.9 Å². The molecule has 2 aromatic rings. The van der Waals surface area contributed by atoms with Crippen LogP contribution >= 0.6 is 11.8 Å². The number of thioether (sulfide) groups is 1. The molecule has 1 amide bonds. The summed E-state index contributed by atoms with van der Waals surface area (Å²) >= 11 is 1.12. The molecule has 9 heteroatoms. The topological polar surface area (TPSA) is 85.8 Å². The number of aromatic nitrogens is 3. The Morgan fingerprint density at radius 1 is 1.26 bits per heavy atom. The zero-order valence-electron chi connectivity index (χ0n) is 15.0. The minimum absolute atomic E-state index is 0.00518. The number of hydrogen-bond acceptors (Lipinski definition) is 5. The summed E-state index contributed by atoms with van der Waals surface area (Å²) in [6.07, 6.45) is 8.26. The Morgan fingerprint density at radius 2 is 2.04 bits per heavy atom. The van der Waals surface area contributed by atoms with Crippen LogP contribution in [0.3, 0.4) is 0 Å². The molecule has 1 aliphatic rings. The number of anilines is 1. The van der Waals surface area contributed by atoms with E-state index in [1.807, 2.05) is 0 Å². The van der Waals surface area contributed by atoms with Crippen LogP contribution in [0, 0.1) is 17.6 Å². The quantitative estimate of drug-likeness (QED) is 0.553. The standard InChI is InChI=1S/C18H23F2N5OS/c19-13-7-8-15(14(20)10-13)22-17(26)11-27-18-24-23-16(25(18)21)9-6-12-4-2-1-3-5-12/h7-8,10,12H,1-6,9,11,21H2,(H,22,26). The first-order valence-electron chi connectivity index (χ1n) is 9.10. The average Bonchev–Trinajstić information content (AvgIpc) is 3.01. The number of nitrogens with one attached hydrogen (secondary N) is 1. The summed E-state index contributed by atoms with van der Waals surface area (Å²) in [6, 6.07) is 2.99. The van der Waals surface area contributed by atoms with Crippen molar-refractivity contribution < 1.29 is 13.6 Å². The lowest BCUT2D eigenvalue weighted by molar-refractivity contribution is -0.113. The molecule has 1 fully saturated rings. The Balaban J connectivity index is 1.49. The van der Waals surface area contributed by atoms with Gasteiger partial charge in [-0.3, -0.25) is 4.79 Å². The first-order valence-corrected chi connectivity index (χ1v) is 10.1. The zero-order valence-corrected chi connectivity index (χ0v) is 15.8. The summed E-state index contributed by atoms with van der Waals surface area (Å²) in [7, 11) is 0. The maximum absolute atomic E-state index is 13.6. The number of carbonyl (C=O) groups excluding carboxylic acids is 1. The predicted molar refractivity (Wildman–Crippen MR) is 101 cm³/mol. The lowest BCUT2D eigenvalue weighted by Gasteiger charge is -2.20. The van der Waals surface area contributed by atoms with Crippen LogP contribution in [0.4, 0.5) is 14.5 Å². The molecule has 1 saturated carbocycles. The molecule has 6 nitrogen and oxygen atoms in total. The van der Waals surface area contributed by atoms with Gasteiger partial charge in [0.1, 0.15) is 11.6 Å². The number of aryl methyl sites for hydroxylation is 1. The Bertz CT molecular complexity index is 792. The van der Waals surface area contributed by atoms with Gasteiger partial charge in [-0.05, 0) is 24.5 Å². The highest BCUT2D eigenvalue weighted by molar-refractivity contribution is 7.99. The second-order valence-corrected chi connectivity index (χ2v) is 7.72. The number of nitrogens with two attached hydrogens (primary N) is 1. The zero-order chi connectivity index (χ0) is 19.2. The van der Waals surface area contributed by atoms with Crippen LogP contribution in [0.25, 0.3) is 0 Å². The number of nitrogens with zero attached hydrogens (tertiary/aromatic N) is 3. The molecular weight excluding hydrogens is 372 g/mol. The molecule has 3 N–H and O–H groups in total. The number of amides is 1. The third kappa shape index (κ3) is 5.41. The summed E-state index contributed by atoms with van der Waals surface area (Å²) in [5.74, 6) is 5.51. The second kappa shape index (κ2) is 9.16. The molecule has 146 valence electrons.